The molecule has 104 valence electrons. The highest BCUT2D eigenvalue weighted by Gasteiger charge is 2.25. The number of carbonyl (C=O) groups excluding carboxylic acids is 1. The maximum absolute atomic E-state index is 12.4. The molecule has 2 rings (SSSR count). The summed E-state index contributed by atoms with van der Waals surface area (Å²) in [7, 11) is 1.75. The number of nitrogens with one attached hydrogen (secondary N) is 1. The molecule has 0 unspecified atom stereocenters. The van der Waals surface area contributed by atoms with Crippen LogP contribution in [0.25, 0.3) is 0 Å². The average molecular weight is 284 g/mol. The SMILES string of the molecule is CNc1ccc(Cl)c(C(=O)N2CCC(CO)CC2)n1. The number of aliphatic hydroxyl groups is 1. The third kappa shape index (κ3) is 3.16. The highest BCUT2D eigenvalue weighted by atomic mass is 35.5. The predicted octanol–water partition coefficient (Wildman–Crippen LogP) is 1.62. The molecule has 0 aromatic carbocycles. The zero-order valence-corrected chi connectivity index (χ0v) is 11.7. The van der Waals surface area contributed by atoms with E-state index in [0.717, 1.165) is 12.8 Å². The number of aliphatic hydroxyl groups excluding tert-OH is 1. The summed E-state index contributed by atoms with van der Waals surface area (Å²) < 4.78 is 0. The Balaban J connectivity index is 2.11. The minimum atomic E-state index is -0.140. The van der Waals surface area contributed by atoms with E-state index in [1.165, 1.54) is 0 Å². The second-order valence-corrected chi connectivity index (χ2v) is 5.10. The van der Waals surface area contributed by atoms with Crippen molar-refractivity contribution in [3.05, 3.63) is 22.8 Å². The molecule has 1 amide bonds. The number of nitrogens with zero attached hydrogens (tertiary/aromatic N) is 2. The lowest BCUT2D eigenvalue weighted by Crippen LogP contribution is -2.39. The zero-order chi connectivity index (χ0) is 13.8. The molecule has 0 aliphatic carbocycles. The number of hydrogen-bond donors (Lipinski definition) is 2. The highest BCUT2D eigenvalue weighted by molar-refractivity contribution is 6.33. The molecule has 2 N–H and O–H groups in total. The van der Waals surface area contributed by atoms with Crippen molar-refractivity contribution < 1.29 is 9.90 Å². The van der Waals surface area contributed by atoms with Gasteiger partial charge in [0.05, 0.1) is 5.02 Å². The van der Waals surface area contributed by atoms with Crippen LogP contribution in [-0.4, -0.2) is 47.6 Å². The number of amides is 1. The van der Waals surface area contributed by atoms with Gasteiger partial charge in [0.2, 0.25) is 0 Å². The van der Waals surface area contributed by atoms with Gasteiger partial charge in [-0.3, -0.25) is 4.79 Å². The Bertz CT molecular complexity index is 459. The number of halogens is 1. The van der Waals surface area contributed by atoms with Crippen molar-refractivity contribution in [3.63, 3.8) is 0 Å². The number of piperidine rings is 1. The lowest BCUT2D eigenvalue weighted by atomic mass is 9.98. The maximum Gasteiger partial charge on any atom is 0.274 e. The summed E-state index contributed by atoms with van der Waals surface area (Å²) in [6.07, 6.45) is 1.65. The minimum absolute atomic E-state index is 0.140. The lowest BCUT2D eigenvalue weighted by Gasteiger charge is -2.31. The summed E-state index contributed by atoms with van der Waals surface area (Å²) in [4.78, 5) is 18.3. The first-order valence-corrected chi connectivity index (χ1v) is 6.78. The van der Waals surface area contributed by atoms with Gasteiger partial charge in [0.25, 0.3) is 5.91 Å². The first kappa shape index (κ1) is 14.1. The van der Waals surface area contributed by atoms with E-state index in [2.05, 4.69) is 10.3 Å². The molecule has 1 aliphatic heterocycles. The quantitative estimate of drug-likeness (QED) is 0.885. The Labute approximate surface area is 117 Å². The topological polar surface area (TPSA) is 65.5 Å². The van der Waals surface area contributed by atoms with E-state index < -0.39 is 0 Å². The molecule has 0 bridgehead atoms. The predicted molar refractivity (Wildman–Crippen MR) is 74.5 cm³/mol. The smallest absolute Gasteiger partial charge is 0.274 e. The third-order valence-corrected chi connectivity index (χ3v) is 3.77. The molecule has 0 atom stereocenters. The van der Waals surface area contributed by atoms with Crippen LogP contribution in [0.2, 0.25) is 5.02 Å². The van der Waals surface area contributed by atoms with Crippen molar-refractivity contribution in [2.45, 2.75) is 12.8 Å². The summed E-state index contributed by atoms with van der Waals surface area (Å²) in [5, 5.41) is 12.4. The Morgan fingerprint density at radius 3 is 2.79 bits per heavy atom. The molecule has 1 aromatic rings. The highest BCUT2D eigenvalue weighted by Crippen LogP contribution is 2.22. The summed E-state index contributed by atoms with van der Waals surface area (Å²) in [6.45, 7) is 1.48. The lowest BCUT2D eigenvalue weighted by molar-refractivity contribution is 0.0645. The molecular weight excluding hydrogens is 266 g/mol. The molecule has 5 nitrogen and oxygen atoms in total. The van der Waals surface area contributed by atoms with Gasteiger partial charge in [0, 0.05) is 26.7 Å². The molecular formula is C13H18ClN3O2. The van der Waals surface area contributed by atoms with Crippen LogP contribution >= 0.6 is 11.6 Å². The van der Waals surface area contributed by atoms with Gasteiger partial charge in [-0.25, -0.2) is 4.98 Å². The first-order chi connectivity index (χ1) is 9.15. The van der Waals surface area contributed by atoms with Crippen molar-refractivity contribution in [1.82, 2.24) is 9.88 Å². The number of anilines is 1. The molecule has 0 spiro atoms. The Morgan fingerprint density at radius 1 is 1.53 bits per heavy atom. The number of pyridine rings is 1. The van der Waals surface area contributed by atoms with Crippen molar-refractivity contribution >= 4 is 23.3 Å². The van der Waals surface area contributed by atoms with Crippen LogP contribution < -0.4 is 5.32 Å². The van der Waals surface area contributed by atoms with E-state index in [1.54, 1.807) is 24.1 Å². The van der Waals surface area contributed by atoms with Crippen molar-refractivity contribution in [1.29, 1.82) is 0 Å². The molecule has 6 heteroatoms. The van der Waals surface area contributed by atoms with E-state index in [1.807, 2.05) is 0 Å². The van der Waals surface area contributed by atoms with Crippen LogP contribution in [0.5, 0.6) is 0 Å². The summed E-state index contributed by atoms with van der Waals surface area (Å²) in [6, 6.07) is 3.41. The van der Waals surface area contributed by atoms with E-state index in [0.29, 0.717) is 29.8 Å². The Morgan fingerprint density at radius 2 is 2.21 bits per heavy atom. The number of hydrogen-bond acceptors (Lipinski definition) is 4. The summed E-state index contributed by atoms with van der Waals surface area (Å²) in [5.74, 6) is 0.785. The molecule has 0 saturated carbocycles. The molecule has 19 heavy (non-hydrogen) atoms. The molecule has 0 radical (unpaired) electrons. The van der Waals surface area contributed by atoms with Gasteiger partial charge in [-0.1, -0.05) is 11.6 Å². The summed E-state index contributed by atoms with van der Waals surface area (Å²) in [5.41, 5.74) is 0.288. The third-order valence-electron chi connectivity index (χ3n) is 3.46. The molecule has 1 aromatic heterocycles. The van der Waals surface area contributed by atoms with Gasteiger partial charge < -0.3 is 15.3 Å². The van der Waals surface area contributed by atoms with Crippen LogP contribution in [0.15, 0.2) is 12.1 Å². The largest absolute Gasteiger partial charge is 0.396 e. The van der Waals surface area contributed by atoms with Crippen LogP contribution in [0.3, 0.4) is 0 Å². The van der Waals surface area contributed by atoms with Gasteiger partial charge in [-0.05, 0) is 30.9 Å². The number of carbonyl (C=O) groups is 1. The van der Waals surface area contributed by atoms with E-state index in [9.17, 15) is 4.79 Å². The number of likely N-dealkylation sites (tertiary alicyclic amines) is 1. The monoisotopic (exact) mass is 283 g/mol. The second kappa shape index (κ2) is 6.21. The van der Waals surface area contributed by atoms with Gasteiger partial charge in [-0.2, -0.15) is 0 Å². The van der Waals surface area contributed by atoms with Crippen LogP contribution in [-0.2, 0) is 0 Å². The molecule has 1 saturated heterocycles. The van der Waals surface area contributed by atoms with Crippen LogP contribution in [0.4, 0.5) is 5.82 Å². The van der Waals surface area contributed by atoms with Crippen molar-refractivity contribution in [2.75, 3.05) is 32.1 Å². The van der Waals surface area contributed by atoms with Gasteiger partial charge in [-0.15, -0.1) is 0 Å². The van der Waals surface area contributed by atoms with Gasteiger partial charge >= 0.3 is 0 Å². The van der Waals surface area contributed by atoms with E-state index >= 15 is 0 Å². The fraction of sp³-hybridized carbons (Fsp3) is 0.538. The zero-order valence-electron chi connectivity index (χ0n) is 10.9. The number of rotatable bonds is 3. The van der Waals surface area contributed by atoms with Crippen molar-refractivity contribution in [2.24, 2.45) is 5.92 Å². The van der Waals surface area contributed by atoms with E-state index in [-0.39, 0.29) is 18.2 Å². The fourth-order valence-electron chi connectivity index (χ4n) is 2.20. The normalized spacial score (nSPS) is 16.5. The molecule has 1 fully saturated rings. The summed E-state index contributed by atoms with van der Waals surface area (Å²) >= 11 is 6.05. The number of aromatic nitrogens is 1. The first-order valence-electron chi connectivity index (χ1n) is 6.40. The van der Waals surface area contributed by atoms with Gasteiger partial charge in [0.1, 0.15) is 11.5 Å². The van der Waals surface area contributed by atoms with Crippen molar-refractivity contribution in [3.8, 4) is 0 Å². The Kier molecular flexibility index (Phi) is 4.61. The molecule has 1 aliphatic rings. The van der Waals surface area contributed by atoms with E-state index in [4.69, 9.17) is 16.7 Å². The van der Waals surface area contributed by atoms with Crippen LogP contribution in [0.1, 0.15) is 23.3 Å². The Hall–Kier alpha value is -1.33. The maximum atomic E-state index is 12.4. The fourth-order valence-corrected chi connectivity index (χ4v) is 2.39. The average Bonchev–Trinajstić information content (AvgIpc) is 2.47. The standard InChI is InChI=1S/C13H18ClN3O2/c1-15-11-3-2-10(14)12(16-11)13(19)17-6-4-9(8-18)5-7-17/h2-3,9,18H,4-8H2,1H3,(H,15,16). The molecule has 2 heterocycles. The second-order valence-electron chi connectivity index (χ2n) is 4.70. The minimum Gasteiger partial charge on any atom is -0.396 e. The van der Waals surface area contributed by atoms with Gasteiger partial charge in [0.15, 0.2) is 0 Å². The van der Waals surface area contributed by atoms with Crippen LogP contribution in [0, 0.1) is 5.92 Å².